The summed E-state index contributed by atoms with van der Waals surface area (Å²) in [4.78, 5) is 19.3. The first kappa shape index (κ1) is 24.7. The molecule has 1 fully saturated rings. The Morgan fingerprint density at radius 3 is 2.00 bits per heavy atom. The number of benzene rings is 2. The van der Waals surface area contributed by atoms with Crippen LogP contribution >= 0.6 is 24.8 Å². The average Bonchev–Trinajstić information content (AvgIpc) is 2.80. The minimum atomic E-state index is 0. The number of carbonyl (C=O) groups is 1. The monoisotopic (exact) mass is 457 g/mol. The van der Waals surface area contributed by atoms with Crippen LogP contribution in [0.2, 0.25) is 0 Å². The van der Waals surface area contributed by atoms with E-state index < -0.39 is 0 Å². The number of likely N-dealkylation sites (tertiary alicyclic amines) is 1. The average molecular weight is 458 g/mol. The molecule has 1 aliphatic rings. The summed E-state index contributed by atoms with van der Waals surface area (Å²) in [5.41, 5.74) is 3.44. The van der Waals surface area contributed by atoms with Crippen molar-refractivity contribution in [1.29, 1.82) is 0 Å². The zero-order chi connectivity index (χ0) is 19.9. The van der Waals surface area contributed by atoms with Gasteiger partial charge in [-0.05, 0) is 36.1 Å². The van der Waals surface area contributed by atoms with Gasteiger partial charge < -0.3 is 10.2 Å². The SMILES string of the molecule is Cl.Cl.O=C(CC(c1ccccc1)c1ccccc1)N1CCC(Nc2cccnc2)CC1. The molecule has 4 rings (SSSR count). The van der Waals surface area contributed by atoms with E-state index >= 15 is 0 Å². The van der Waals surface area contributed by atoms with Crippen molar-refractivity contribution in [2.24, 2.45) is 0 Å². The Balaban J connectivity index is 0.00000171. The molecule has 1 aromatic heterocycles. The molecule has 1 amide bonds. The maximum atomic E-state index is 13.1. The second-order valence-corrected chi connectivity index (χ2v) is 7.62. The summed E-state index contributed by atoms with van der Waals surface area (Å²) in [6, 6.07) is 25.1. The van der Waals surface area contributed by atoms with E-state index in [9.17, 15) is 4.79 Å². The minimum Gasteiger partial charge on any atom is -0.381 e. The van der Waals surface area contributed by atoms with Gasteiger partial charge in [0.15, 0.2) is 0 Å². The molecule has 3 aromatic rings. The predicted octanol–water partition coefficient (Wildman–Crippen LogP) is 5.55. The van der Waals surface area contributed by atoms with Gasteiger partial charge in [-0.3, -0.25) is 9.78 Å². The van der Waals surface area contributed by atoms with Crippen LogP contribution in [0.1, 0.15) is 36.3 Å². The van der Waals surface area contributed by atoms with Gasteiger partial charge in [0.2, 0.25) is 5.91 Å². The molecular formula is C25H29Cl2N3O. The molecule has 0 atom stereocenters. The number of pyridine rings is 1. The van der Waals surface area contributed by atoms with E-state index in [1.165, 1.54) is 11.1 Å². The van der Waals surface area contributed by atoms with Crippen LogP contribution in [0.25, 0.3) is 0 Å². The number of carbonyl (C=O) groups excluding carboxylic acids is 1. The topological polar surface area (TPSA) is 45.2 Å². The number of hydrogen-bond acceptors (Lipinski definition) is 3. The molecule has 0 bridgehead atoms. The number of hydrogen-bond donors (Lipinski definition) is 1. The highest BCUT2D eigenvalue weighted by molar-refractivity contribution is 5.85. The summed E-state index contributed by atoms with van der Waals surface area (Å²) in [6.07, 6.45) is 6.06. The van der Waals surface area contributed by atoms with E-state index in [1.807, 2.05) is 59.6 Å². The summed E-state index contributed by atoms with van der Waals surface area (Å²) < 4.78 is 0. The highest BCUT2D eigenvalue weighted by Gasteiger charge is 2.26. The van der Waals surface area contributed by atoms with Gasteiger partial charge in [0, 0.05) is 43.9 Å². The van der Waals surface area contributed by atoms with Crippen molar-refractivity contribution in [2.75, 3.05) is 18.4 Å². The first-order valence-electron chi connectivity index (χ1n) is 10.3. The van der Waals surface area contributed by atoms with Crippen molar-refractivity contribution < 1.29 is 4.79 Å². The fourth-order valence-electron chi connectivity index (χ4n) is 4.06. The van der Waals surface area contributed by atoms with Gasteiger partial charge in [-0.1, -0.05) is 60.7 Å². The van der Waals surface area contributed by atoms with Gasteiger partial charge in [-0.2, -0.15) is 0 Å². The molecule has 31 heavy (non-hydrogen) atoms. The number of rotatable bonds is 6. The normalized spacial score (nSPS) is 13.8. The van der Waals surface area contributed by atoms with Crippen LogP contribution in [0, 0.1) is 0 Å². The van der Waals surface area contributed by atoms with Crippen molar-refractivity contribution in [3.8, 4) is 0 Å². The lowest BCUT2D eigenvalue weighted by molar-refractivity contribution is -0.132. The van der Waals surface area contributed by atoms with Crippen molar-refractivity contribution >= 4 is 36.4 Å². The molecule has 1 aliphatic heterocycles. The maximum Gasteiger partial charge on any atom is 0.223 e. The molecular weight excluding hydrogens is 429 g/mol. The molecule has 4 nitrogen and oxygen atoms in total. The van der Waals surface area contributed by atoms with Gasteiger partial charge >= 0.3 is 0 Å². The number of anilines is 1. The fraction of sp³-hybridized carbons (Fsp3) is 0.280. The van der Waals surface area contributed by atoms with E-state index in [0.29, 0.717) is 12.5 Å². The van der Waals surface area contributed by atoms with Crippen LogP contribution in [0.3, 0.4) is 0 Å². The molecule has 0 radical (unpaired) electrons. The summed E-state index contributed by atoms with van der Waals surface area (Å²) in [7, 11) is 0. The summed E-state index contributed by atoms with van der Waals surface area (Å²) in [5, 5.41) is 3.53. The summed E-state index contributed by atoms with van der Waals surface area (Å²) >= 11 is 0. The molecule has 2 heterocycles. The third kappa shape index (κ3) is 6.71. The van der Waals surface area contributed by atoms with E-state index in [2.05, 4.69) is 34.6 Å². The Morgan fingerprint density at radius 2 is 1.48 bits per heavy atom. The number of halogens is 2. The third-order valence-electron chi connectivity index (χ3n) is 5.66. The molecule has 0 aliphatic carbocycles. The molecule has 1 N–H and O–H groups in total. The number of piperidine rings is 1. The van der Waals surface area contributed by atoms with Gasteiger partial charge in [-0.15, -0.1) is 24.8 Å². The number of amides is 1. The second kappa shape index (κ2) is 12.3. The van der Waals surface area contributed by atoms with Gasteiger partial charge in [-0.25, -0.2) is 0 Å². The smallest absolute Gasteiger partial charge is 0.223 e. The third-order valence-corrected chi connectivity index (χ3v) is 5.66. The zero-order valence-corrected chi connectivity index (χ0v) is 19.0. The maximum absolute atomic E-state index is 13.1. The Bertz CT molecular complexity index is 862. The van der Waals surface area contributed by atoms with Crippen LogP contribution in [-0.4, -0.2) is 34.9 Å². The Kier molecular flexibility index (Phi) is 9.83. The van der Waals surface area contributed by atoms with Crippen LogP contribution < -0.4 is 5.32 Å². The van der Waals surface area contributed by atoms with E-state index in [1.54, 1.807) is 6.20 Å². The largest absolute Gasteiger partial charge is 0.381 e. The molecule has 2 aromatic carbocycles. The van der Waals surface area contributed by atoms with E-state index in [-0.39, 0.29) is 36.6 Å². The zero-order valence-electron chi connectivity index (χ0n) is 17.4. The number of aromatic nitrogens is 1. The van der Waals surface area contributed by atoms with E-state index in [0.717, 1.165) is 31.6 Å². The quantitative estimate of drug-likeness (QED) is 0.527. The van der Waals surface area contributed by atoms with Crippen LogP contribution in [0.4, 0.5) is 5.69 Å². The standard InChI is InChI=1S/C25H27N3O.2ClH/c29-25(28-16-13-22(14-17-28)27-23-12-7-15-26-19-23)18-24(20-8-3-1-4-9-20)21-10-5-2-6-11-21;;/h1-12,15,19,22,24,27H,13-14,16-18H2;2*1H. The van der Waals surface area contributed by atoms with Crippen molar-refractivity contribution in [2.45, 2.75) is 31.2 Å². The van der Waals surface area contributed by atoms with Gasteiger partial charge in [0.1, 0.15) is 0 Å². The van der Waals surface area contributed by atoms with Gasteiger partial charge in [0.25, 0.3) is 0 Å². The fourth-order valence-corrected chi connectivity index (χ4v) is 4.06. The predicted molar refractivity (Wildman–Crippen MR) is 131 cm³/mol. The number of nitrogens with one attached hydrogen (secondary N) is 1. The van der Waals surface area contributed by atoms with Crippen molar-refractivity contribution in [3.05, 3.63) is 96.3 Å². The first-order chi connectivity index (χ1) is 14.3. The van der Waals surface area contributed by atoms with Gasteiger partial charge in [0.05, 0.1) is 5.69 Å². The lowest BCUT2D eigenvalue weighted by Crippen LogP contribution is -2.42. The number of nitrogens with zero attached hydrogens (tertiary/aromatic N) is 2. The molecule has 0 unspecified atom stereocenters. The Morgan fingerprint density at radius 1 is 0.903 bits per heavy atom. The lowest BCUT2D eigenvalue weighted by Gasteiger charge is -2.34. The first-order valence-corrected chi connectivity index (χ1v) is 10.3. The van der Waals surface area contributed by atoms with Crippen LogP contribution in [0.5, 0.6) is 0 Å². The molecule has 164 valence electrons. The highest BCUT2D eigenvalue weighted by Crippen LogP contribution is 2.29. The molecule has 1 saturated heterocycles. The Labute approximate surface area is 196 Å². The summed E-state index contributed by atoms with van der Waals surface area (Å²) in [5.74, 6) is 0.332. The minimum absolute atomic E-state index is 0. The van der Waals surface area contributed by atoms with E-state index in [4.69, 9.17) is 0 Å². The lowest BCUT2D eigenvalue weighted by atomic mass is 9.88. The van der Waals surface area contributed by atoms with Crippen LogP contribution in [-0.2, 0) is 4.79 Å². The second-order valence-electron chi connectivity index (χ2n) is 7.62. The molecule has 0 saturated carbocycles. The Hall–Kier alpha value is -2.56. The van der Waals surface area contributed by atoms with Crippen molar-refractivity contribution in [3.63, 3.8) is 0 Å². The summed E-state index contributed by atoms with van der Waals surface area (Å²) in [6.45, 7) is 1.60. The highest BCUT2D eigenvalue weighted by atomic mass is 35.5. The molecule has 6 heteroatoms. The van der Waals surface area contributed by atoms with Crippen LogP contribution in [0.15, 0.2) is 85.2 Å². The molecule has 0 spiro atoms. The van der Waals surface area contributed by atoms with Crippen molar-refractivity contribution in [1.82, 2.24) is 9.88 Å².